The molecule has 1 aromatic heterocycles. The average molecular weight is 436 g/mol. The molecule has 0 radical (unpaired) electrons. The molecule has 0 bridgehead atoms. The first-order valence-corrected chi connectivity index (χ1v) is 11.6. The van der Waals surface area contributed by atoms with E-state index in [4.69, 9.17) is 16.0 Å². The minimum atomic E-state index is -3.01. The fraction of sp³-hybridized carbons (Fsp3) is 0.400. The van der Waals surface area contributed by atoms with Gasteiger partial charge in [0.15, 0.2) is 9.84 Å². The third-order valence-corrected chi connectivity index (χ3v) is 7.43. The van der Waals surface area contributed by atoms with Crippen LogP contribution in [0.25, 0.3) is 0 Å². The van der Waals surface area contributed by atoms with Gasteiger partial charge in [0.25, 0.3) is 5.91 Å². The minimum Gasteiger partial charge on any atom is -0.467 e. The van der Waals surface area contributed by atoms with E-state index in [0.29, 0.717) is 23.6 Å². The van der Waals surface area contributed by atoms with Crippen LogP contribution in [-0.2, 0) is 14.6 Å². The highest BCUT2D eigenvalue weighted by molar-refractivity contribution is 7.91. The van der Waals surface area contributed by atoms with Crippen molar-refractivity contribution in [2.24, 2.45) is 5.10 Å². The number of hydrogen-bond acceptors (Lipinski definition) is 6. The van der Waals surface area contributed by atoms with E-state index in [1.54, 1.807) is 31.5 Å². The van der Waals surface area contributed by atoms with Crippen molar-refractivity contribution < 1.29 is 17.6 Å². The van der Waals surface area contributed by atoms with Crippen LogP contribution < -0.4 is 0 Å². The summed E-state index contributed by atoms with van der Waals surface area (Å²) >= 11 is 5.98. The molecule has 1 fully saturated rings. The van der Waals surface area contributed by atoms with E-state index < -0.39 is 9.84 Å². The Balaban J connectivity index is 1.54. The number of nitrogens with zero attached hydrogens (tertiary/aromatic N) is 3. The van der Waals surface area contributed by atoms with E-state index in [1.165, 1.54) is 5.01 Å². The van der Waals surface area contributed by atoms with E-state index in [2.05, 4.69) is 5.10 Å². The lowest BCUT2D eigenvalue weighted by atomic mass is 10.0. The Hall–Kier alpha value is -2.16. The number of furan rings is 1. The number of sulfone groups is 1. The maximum atomic E-state index is 13.1. The van der Waals surface area contributed by atoms with E-state index >= 15 is 0 Å². The van der Waals surface area contributed by atoms with E-state index in [-0.39, 0.29) is 36.0 Å². The van der Waals surface area contributed by atoms with Gasteiger partial charge in [0.05, 0.1) is 30.0 Å². The molecule has 9 heteroatoms. The van der Waals surface area contributed by atoms with Gasteiger partial charge in [0.2, 0.25) is 0 Å². The van der Waals surface area contributed by atoms with Crippen LogP contribution in [-0.4, -0.2) is 61.1 Å². The third kappa shape index (κ3) is 4.39. The molecule has 3 heterocycles. The number of hydrogen-bond donors (Lipinski definition) is 0. The van der Waals surface area contributed by atoms with Crippen LogP contribution >= 0.6 is 11.6 Å². The monoisotopic (exact) mass is 435 g/mol. The molecule has 0 saturated carbocycles. The second-order valence-corrected chi connectivity index (χ2v) is 10.2. The zero-order valence-electron chi connectivity index (χ0n) is 16.0. The van der Waals surface area contributed by atoms with Crippen LogP contribution in [0.4, 0.5) is 0 Å². The van der Waals surface area contributed by atoms with E-state index in [9.17, 15) is 13.2 Å². The lowest BCUT2D eigenvalue weighted by Crippen LogP contribution is -2.41. The molecule has 1 amide bonds. The highest BCUT2D eigenvalue weighted by atomic mass is 35.5. The van der Waals surface area contributed by atoms with Crippen molar-refractivity contribution in [3.63, 3.8) is 0 Å². The SMILES string of the molecule is CN(CC(=O)N1N=C(c2ccc(Cl)cc2)CC1c1ccco1)C1CCS(=O)(=O)C1. The first-order chi connectivity index (χ1) is 13.8. The summed E-state index contributed by atoms with van der Waals surface area (Å²) in [5.41, 5.74) is 1.68. The Bertz CT molecular complexity index is 1020. The molecule has 4 rings (SSSR count). The van der Waals surface area contributed by atoms with Crippen molar-refractivity contribution in [2.45, 2.75) is 24.9 Å². The van der Waals surface area contributed by atoms with E-state index in [1.807, 2.05) is 23.1 Å². The number of amides is 1. The summed E-state index contributed by atoms with van der Waals surface area (Å²) in [5.74, 6) is 0.741. The maximum absolute atomic E-state index is 13.1. The average Bonchev–Trinajstić information content (AvgIpc) is 3.40. The molecule has 29 heavy (non-hydrogen) atoms. The minimum absolute atomic E-state index is 0.0921. The third-order valence-electron chi connectivity index (χ3n) is 5.43. The molecule has 2 atom stereocenters. The molecule has 2 aromatic rings. The second kappa shape index (κ2) is 7.93. The van der Waals surface area contributed by atoms with Crippen LogP contribution in [0.2, 0.25) is 5.02 Å². The number of carbonyl (C=O) groups is 1. The molecule has 0 aliphatic carbocycles. The standard InChI is InChI=1S/C20H22ClN3O4S/c1-23(16-8-10-29(26,27)13-16)12-20(25)24-18(19-3-2-9-28-19)11-17(22-24)14-4-6-15(21)7-5-14/h2-7,9,16,18H,8,10-13H2,1H3. The normalized spacial score (nSPS) is 23.6. The molecule has 0 spiro atoms. The summed E-state index contributed by atoms with van der Waals surface area (Å²) in [6.07, 6.45) is 2.66. The smallest absolute Gasteiger partial charge is 0.257 e. The van der Waals surface area contributed by atoms with Crippen molar-refractivity contribution >= 4 is 33.1 Å². The first-order valence-electron chi connectivity index (χ1n) is 9.42. The van der Waals surface area contributed by atoms with E-state index in [0.717, 1.165) is 11.3 Å². The quantitative estimate of drug-likeness (QED) is 0.721. The Labute approximate surface area is 174 Å². The maximum Gasteiger partial charge on any atom is 0.257 e. The van der Waals surface area contributed by atoms with Gasteiger partial charge in [-0.25, -0.2) is 13.4 Å². The Morgan fingerprint density at radius 2 is 2.07 bits per heavy atom. The molecule has 2 aliphatic rings. The first kappa shape index (κ1) is 20.1. The highest BCUT2D eigenvalue weighted by Gasteiger charge is 2.37. The predicted octanol–water partition coefficient (Wildman–Crippen LogP) is 2.73. The van der Waals surface area contributed by atoms with Gasteiger partial charge in [0.1, 0.15) is 11.8 Å². The molecule has 0 N–H and O–H groups in total. The number of hydrazone groups is 1. The topological polar surface area (TPSA) is 83.2 Å². The van der Waals surface area contributed by atoms with Gasteiger partial charge in [-0.05, 0) is 43.3 Å². The molecular formula is C20H22ClN3O4S. The largest absolute Gasteiger partial charge is 0.467 e. The molecule has 2 unspecified atom stereocenters. The number of halogens is 1. The number of rotatable bonds is 5. The zero-order chi connectivity index (χ0) is 20.6. The number of carbonyl (C=O) groups excluding carboxylic acids is 1. The fourth-order valence-electron chi connectivity index (χ4n) is 3.80. The number of likely N-dealkylation sites (N-methyl/N-ethyl adjacent to an activating group) is 1. The van der Waals surface area contributed by atoms with Gasteiger partial charge in [-0.2, -0.15) is 5.10 Å². The highest BCUT2D eigenvalue weighted by Crippen LogP contribution is 2.33. The zero-order valence-corrected chi connectivity index (χ0v) is 17.6. The summed E-state index contributed by atoms with van der Waals surface area (Å²) in [6, 6.07) is 10.5. The summed E-state index contributed by atoms with van der Waals surface area (Å²) < 4.78 is 29.1. The summed E-state index contributed by atoms with van der Waals surface area (Å²) in [5, 5.41) is 6.68. The Morgan fingerprint density at radius 3 is 2.69 bits per heavy atom. The molecule has 2 aliphatic heterocycles. The van der Waals surface area contributed by atoms with Crippen LogP contribution in [0.1, 0.15) is 30.2 Å². The summed E-state index contributed by atoms with van der Waals surface area (Å²) in [7, 11) is -1.23. The molecule has 1 aromatic carbocycles. The van der Waals surface area contributed by atoms with Crippen molar-refractivity contribution in [3.8, 4) is 0 Å². The van der Waals surface area contributed by atoms with Gasteiger partial charge >= 0.3 is 0 Å². The lowest BCUT2D eigenvalue weighted by molar-refractivity contribution is -0.134. The Kier molecular flexibility index (Phi) is 5.50. The van der Waals surface area contributed by atoms with Crippen molar-refractivity contribution in [2.75, 3.05) is 25.1 Å². The molecule has 1 saturated heterocycles. The molecular weight excluding hydrogens is 414 g/mol. The van der Waals surface area contributed by atoms with Gasteiger partial charge < -0.3 is 4.42 Å². The van der Waals surface area contributed by atoms with Crippen LogP contribution in [0.15, 0.2) is 52.2 Å². The van der Waals surface area contributed by atoms with Crippen LogP contribution in [0, 0.1) is 0 Å². The van der Waals surface area contributed by atoms with Crippen LogP contribution in [0.5, 0.6) is 0 Å². The molecule has 154 valence electrons. The Morgan fingerprint density at radius 1 is 1.31 bits per heavy atom. The van der Waals surface area contributed by atoms with Gasteiger partial charge in [-0.1, -0.05) is 23.7 Å². The molecule has 7 nitrogen and oxygen atoms in total. The van der Waals surface area contributed by atoms with Crippen molar-refractivity contribution in [1.29, 1.82) is 0 Å². The predicted molar refractivity (Wildman–Crippen MR) is 111 cm³/mol. The van der Waals surface area contributed by atoms with Gasteiger partial charge in [0, 0.05) is 17.5 Å². The van der Waals surface area contributed by atoms with Gasteiger partial charge in [-0.3, -0.25) is 9.69 Å². The summed E-state index contributed by atoms with van der Waals surface area (Å²) in [6.45, 7) is 0.0921. The van der Waals surface area contributed by atoms with Crippen molar-refractivity contribution in [3.05, 3.63) is 59.0 Å². The number of benzene rings is 1. The lowest BCUT2D eigenvalue weighted by Gasteiger charge is -2.26. The van der Waals surface area contributed by atoms with Crippen LogP contribution in [0.3, 0.4) is 0 Å². The van der Waals surface area contributed by atoms with Crippen molar-refractivity contribution in [1.82, 2.24) is 9.91 Å². The summed E-state index contributed by atoms with van der Waals surface area (Å²) in [4.78, 5) is 14.9. The fourth-order valence-corrected chi connectivity index (χ4v) is 5.73. The van der Waals surface area contributed by atoms with Gasteiger partial charge in [-0.15, -0.1) is 0 Å². The second-order valence-electron chi connectivity index (χ2n) is 7.50.